The molecule has 3 heterocycles. The minimum atomic E-state index is 0.618. The van der Waals surface area contributed by atoms with E-state index in [2.05, 4.69) is 52.0 Å². The summed E-state index contributed by atoms with van der Waals surface area (Å²) in [6.07, 6.45) is 5.27. The molecule has 0 spiro atoms. The van der Waals surface area contributed by atoms with E-state index in [0.717, 1.165) is 13.1 Å². The summed E-state index contributed by atoms with van der Waals surface area (Å²) >= 11 is 0. The van der Waals surface area contributed by atoms with Gasteiger partial charge in [0, 0.05) is 43.6 Å². The predicted molar refractivity (Wildman–Crippen MR) is 71.4 cm³/mol. The second-order valence-corrected chi connectivity index (χ2v) is 5.30. The first-order chi connectivity index (χ1) is 8.74. The standard InChI is InChI=1S/C14H20N4/c1-11-8-15-16-14(11)12-5-7-18(9-12)10-13-4-3-6-17(13)2/h3-4,6,8,12H,5,7,9-10H2,1-2H3,(H,15,16)/t12-/m1/s1. The molecule has 0 bridgehead atoms. The number of aromatic amines is 1. The molecule has 4 heteroatoms. The van der Waals surface area contributed by atoms with Crippen molar-refractivity contribution < 1.29 is 0 Å². The fourth-order valence-electron chi connectivity index (χ4n) is 2.87. The molecular formula is C14H20N4. The predicted octanol–water partition coefficient (Wildman–Crippen LogP) is 2.05. The van der Waals surface area contributed by atoms with E-state index in [1.54, 1.807) is 0 Å². The van der Waals surface area contributed by atoms with Crippen molar-refractivity contribution in [3.05, 3.63) is 41.5 Å². The molecule has 3 rings (SSSR count). The molecule has 0 aromatic carbocycles. The van der Waals surface area contributed by atoms with Gasteiger partial charge in [0.2, 0.25) is 0 Å². The first kappa shape index (κ1) is 11.5. The van der Waals surface area contributed by atoms with Crippen molar-refractivity contribution in [2.24, 2.45) is 7.05 Å². The number of nitrogens with one attached hydrogen (secondary N) is 1. The van der Waals surface area contributed by atoms with E-state index in [9.17, 15) is 0 Å². The number of likely N-dealkylation sites (tertiary alicyclic amines) is 1. The number of H-pyrrole nitrogens is 1. The van der Waals surface area contributed by atoms with Crippen LogP contribution in [0.1, 0.15) is 29.3 Å². The van der Waals surface area contributed by atoms with Gasteiger partial charge in [-0.3, -0.25) is 10.00 Å². The van der Waals surface area contributed by atoms with Crippen LogP contribution in [0.5, 0.6) is 0 Å². The summed E-state index contributed by atoms with van der Waals surface area (Å²) < 4.78 is 2.20. The molecule has 1 fully saturated rings. The fourth-order valence-corrected chi connectivity index (χ4v) is 2.87. The Balaban J connectivity index is 1.66. The number of aryl methyl sites for hydroxylation is 2. The lowest BCUT2D eigenvalue weighted by Gasteiger charge is -2.16. The maximum absolute atomic E-state index is 4.13. The van der Waals surface area contributed by atoms with Crippen LogP contribution in [-0.4, -0.2) is 32.8 Å². The zero-order chi connectivity index (χ0) is 12.5. The molecule has 1 aliphatic rings. The molecule has 0 radical (unpaired) electrons. The van der Waals surface area contributed by atoms with Gasteiger partial charge in [0.25, 0.3) is 0 Å². The minimum absolute atomic E-state index is 0.618. The van der Waals surface area contributed by atoms with Gasteiger partial charge >= 0.3 is 0 Å². The van der Waals surface area contributed by atoms with Crippen LogP contribution in [0.15, 0.2) is 24.5 Å². The maximum Gasteiger partial charge on any atom is 0.0519 e. The van der Waals surface area contributed by atoms with Gasteiger partial charge in [0.15, 0.2) is 0 Å². The summed E-state index contributed by atoms with van der Waals surface area (Å²) in [6.45, 7) is 5.49. The summed E-state index contributed by atoms with van der Waals surface area (Å²) in [6, 6.07) is 4.32. The van der Waals surface area contributed by atoms with Crippen molar-refractivity contribution in [2.45, 2.75) is 25.8 Å². The first-order valence-corrected chi connectivity index (χ1v) is 6.56. The Kier molecular flexibility index (Phi) is 2.96. The molecule has 4 nitrogen and oxygen atoms in total. The average Bonchev–Trinajstić information content (AvgIpc) is 3.03. The van der Waals surface area contributed by atoms with Crippen molar-refractivity contribution in [1.82, 2.24) is 19.7 Å². The largest absolute Gasteiger partial charge is 0.353 e. The Morgan fingerprint density at radius 2 is 2.39 bits per heavy atom. The van der Waals surface area contributed by atoms with Crippen molar-refractivity contribution in [2.75, 3.05) is 13.1 Å². The minimum Gasteiger partial charge on any atom is -0.353 e. The highest BCUT2D eigenvalue weighted by Gasteiger charge is 2.26. The van der Waals surface area contributed by atoms with Gasteiger partial charge in [-0.1, -0.05) is 0 Å². The van der Waals surface area contributed by atoms with Gasteiger partial charge in [-0.2, -0.15) is 5.10 Å². The molecule has 1 atom stereocenters. The van der Waals surface area contributed by atoms with Gasteiger partial charge in [0.05, 0.1) is 6.20 Å². The Morgan fingerprint density at radius 3 is 3.06 bits per heavy atom. The number of hydrogen-bond donors (Lipinski definition) is 1. The van der Waals surface area contributed by atoms with E-state index in [0.29, 0.717) is 5.92 Å². The third-order valence-electron chi connectivity index (χ3n) is 3.99. The Bertz CT molecular complexity index is 525. The fraction of sp³-hybridized carbons (Fsp3) is 0.500. The van der Waals surface area contributed by atoms with Crippen LogP contribution >= 0.6 is 0 Å². The van der Waals surface area contributed by atoms with Crippen LogP contribution in [0.2, 0.25) is 0 Å². The van der Waals surface area contributed by atoms with Crippen molar-refractivity contribution >= 4 is 0 Å². The molecule has 0 aliphatic carbocycles. The molecule has 18 heavy (non-hydrogen) atoms. The molecular weight excluding hydrogens is 224 g/mol. The first-order valence-electron chi connectivity index (χ1n) is 6.56. The van der Waals surface area contributed by atoms with Gasteiger partial charge in [0.1, 0.15) is 0 Å². The van der Waals surface area contributed by atoms with Crippen LogP contribution in [-0.2, 0) is 13.6 Å². The highest BCUT2D eigenvalue weighted by Crippen LogP contribution is 2.28. The average molecular weight is 244 g/mol. The Hall–Kier alpha value is -1.55. The second kappa shape index (κ2) is 4.61. The Labute approximate surface area is 108 Å². The quantitative estimate of drug-likeness (QED) is 0.897. The van der Waals surface area contributed by atoms with Crippen LogP contribution in [0, 0.1) is 6.92 Å². The third kappa shape index (κ3) is 2.08. The summed E-state index contributed by atoms with van der Waals surface area (Å²) in [5.41, 5.74) is 4.00. The smallest absolute Gasteiger partial charge is 0.0519 e. The SMILES string of the molecule is Cc1cn[nH]c1[C@@H]1CCN(Cc2cccn2C)C1. The monoisotopic (exact) mass is 244 g/mol. The number of hydrogen-bond acceptors (Lipinski definition) is 2. The zero-order valence-electron chi connectivity index (χ0n) is 11.1. The molecule has 0 amide bonds. The molecule has 1 N–H and O–H groups in total. The number of nitrogens with zero attached hydrogens (tertiary/aromatic N) is 3. The van der Waals surface area contributed by atoms with Crippen LogP contribution in [0.4, 0.5) is 0 Å². The highest BCUT2D eigenvalue weighted by atomic mass is 15.2. The maximum atomic E-state index is 4.13. The van der Waals surface area contributed by atoms with Gasteiger partial charge in [-0.05, 0) is 37.6 Å². The molecule has 0 unspecified atom stereocenters. The van der Waals surface area contributed by atoms with Crippen LogP contribution < -0.4 is 0 Å². The van der Waals surface area contributed by atoms with Gasteiger partial charge in [-0.15, -0.1) is 0 Å². The van der Waals surface area contributed by atoms with E-state index in [4.69, 9.17) is 0 Å². The van der Waals surface area contributed by atoms with E-state index in [1.165, 1.54) is 29.9 Å². The lowest BCUT2D eigenvalue weighted by molar-refractivity contribution is 0.318. The lowest BCUT2D eigenvalue weighted by Crippen LogP contribution is -2.21. The summed E-state index contributed by atoms with van der Waals surface area (Å²) in [4.78, 5) is 2.53. The highest BCUT2D eigenvalue weighted by molar-refractivity contribution is 5.20. The third-order valence-corrected chi connectivity index (χ3v) is 3.99. The molecule has 2 aromatic heterocycles. The summed E-state index contributed by atoms with van der Waals surface area (Å²) in [5, 5.41) is 7.29. The summed E-state index contributed by atoms with van der Waals surface area (Å²) in [7, 11) is 2.11. The number of rotatable bonds is 3. The van der Waals surface area contributed by atoms with Crippen LogP contribution in [0.25, 0.3) is 0 Å². The van der Waals surface area contributed by atoms with E-state index in [1.807, 2.05) is 6.20 Å². The molecule has 0 saturated carbocycles. The van der Waals surface area contributed by atoms with E-state index in [-0.39, 0.29) is 0 Å². The topological polar surface area (TPSA) is 36.9 Å². The van der Waals surface area contributed by atoms with Gasteiger partial charge in [-0.25, -0.2) is 0 Å². The van der Waals surface area contributed by atoms with Gasteiger partial charge < -0.3 is 4.57 Å². The van der Waals surface area contributed by atoms with E-state index >= 15 is 0 Å². The van der Waals surface area contributed by atoms with Crippen molar-refractivity contribution in [3.8, 4) is 0 Å². The number of aromatic nitrogens is 3. The molecule has 96 valence electrons. The molecule has 1 saturated heterocycles. The lowest BCUT2D eigenvalue weighted by atomic mass is 10.0. The van der Waals surface area contributed by atoms with Crippen molar-refractivity contribution in [1.29, 1.82) is 0 Å². The summed E-state index contributed by atoms with van der Waals surface area (Å²) in [5.74, 6) is 0.618. The van der Waals surface area contributed by atoms with E-state index < -0.39 is 0 Å². The second-order valence-electron chi connectivity index (χ2n) is 5.30. The Morgan fingerprint density at radius 1 is 1.50 bits per heavy atom. The molecule has 2 aromatic rings. The normalized spacial score (nSPS) is 20.7. The zero-order valence-corrected chi connectivity index (χ0v) is 11.1. The molecule has 1 aliphatic heterocycles. The van der Waals surface area contributed by atoms with Crippen LogP contribution in [0.3, 0.4) is 0 Å². The van der Waals surface area contributed by atoms with Crippen molar-refractivity contribution in [3.63, 3.8) is 0 Å².